The van der Waals surface area contributed by atoms with Crippen LogP contribution in [0.4, 0.5) is 25.2 Å². The van der Waals surface area contributed by atoms with Gasteiger partial charge in [0.05, 0.1) is 0 Å². The van der Waals surface area contributed by atoms with Gasteiger partial charge in [-0.2, -0.15) is 0 Å². The normalized spacial score (nSPS) is 12.9. The molecule has 2 nitrogen and oxygen atoms in total. The van der Waals surface area contributed by atoms with Gasteiger partial charge in [-0.05, 0) is 24.3 Å². The van der Waals surface area contributed by atoms with Gasteiger partial charge in [-0.25, -0.2) is 0 Å². The third-order valence-corrected chi connectivity index (χ3v) is 1.13. The molecule has 0 bridgehead atoms. The minimum absolute atomic E-state index is 0. The first kappa shape index (κ1) is 21.3. The zero-order valence-electron chi connectivity index (χ0n) is 9.76. The van der Waals surface area contributed by atoms with Crippen LogP contribution in [0.1, 0.15) is 0 Å². The fraction of sp³-hybridized carbons (Fsp3) is 0. The molecule has 114 valence electrons. The zero-order chi connectivity index (χ0) is 14.9. The minimum Gasteiger partial charge on any atom is -0.265 e. The quantitative estimate of drug-likeness (QED) is 0.365. The molecule has 0 saturated carbocycles. The van der Waals surface area contributed by atoms with E-state index in [-0.39, 0.29) is 24.0 Å². The van der Waals surface area contributed by atoms with Gasteiger partial charge >= 0.3 is 57.0 Å². The van der Waals surface area contributed by atoms with Crippen molar-refractivity contribution in [3.8, 4) is 0 Å². The van der Waals surface area contributed by atoms with Crippen LogP contribution in [0.3, 0.4) is 0 Å². The summed E-state index contributed by atoms with van der Waals surface area (Å²) in [6.07, 6.45) is 7.00. The Balaban J connectivity index is 0. The molecule has 0 spiro atoms. The van der Waals surface area contributed by atoms with E-state index in [4.69, 9.17) is 0 Å². The van der Waals surface area contributed by atoms with Crippen LogP contribution in [0.15, 0.2) is 61.2 Å². The van der Waals surface area contributed by atoms with Crippen LogP contribution in [-0.2, 0) is 0 Å². The molecule has 2 aromatic rings. The molecule has 0 aromatic carbocycles. The fourth-order valence-corrected chi connectivity index (χ4v) is 0.625. The van der Waals surface area contributed by atoms with Gasteiger partial charge in [0.15, 0.2) is 0 Å². The van der Waals surface area contributed by atoms with Crippen molar-refractivity contribution in [3.63, 3.8) is 0 Å². The molecule has 10 heteroatoms. The summed E-state index contributed by atoms with van der Waals surface area (Å²) in [5, 5.41) is 0. The molecule has 0 unspecified atom stereocenters. The second-order valence-electron chi connectivity index (χ2n) is 3.01. The van der Waals surface area contributed by atoms with Crippen LogP contribution < -0.4 is 24.0 Å². The predicted molar refractivity (Wildman–Crippen MR) is 62.0 cm³/mol. The molecule has 2 aromatic heterocycles. The van der Waals surface area contributed by atoms with Crippen molar-refractivity contribution in [2.24, 2.45) is 0 Å². The van der Waals surface area contributed by atoms with E-state index >= 15 is 0 Å². The van der Waals surface area contributed by atoms with Crippen molar-refractivity contribution in [2.45, 2.75) is 0 Å². The molecule has 20 heavy (non-hydrogen) atoms. The van der Waals surface area contributed by atoms with E-state index in [2.05, 4.69) is 9.97 Å². The average molecular weight is 430 g/mol. The number of hydrogen-bond donors (Lipinski definition) is 0. The molecule has 0 amide bonds. The van der Waals surface area contributed by atoms with Crippen LogP contribution in [0.25, 0.3) is 0 Å². The van der Waals surface area contributed by atoms with Crippen LogP contribution in [0.2, 0.25) is 0 Å². The first-order valence-corrected chi connectivity index (χ1v) is 6.74. The van der Waals surface area contributed by atoms with Crippen LogP contribution in [0, 0.1) is 0 Å². The monoisotopic (exact) mass is 430 g/mol. The number of hydrogen-bond acceptors (Lipinski definition) is 2. The summed E-state index contributed by atoms with van der Waals surface area (Å²) in [7, 11) is -10.7. The van der Waals surface area contributed by atoms with E-state index in [9.17, 15) is 25.2 Å². The largest absolute Gasteiger partial charge is 1.00 e. The fourth-order valence-electron chi connectivity index (χ4n) is 0.625. The van der Waals surface area contributed by atoms with Gasteiger partial charge in [0.2, 0.25) is 0 Å². The molecule has 0 saturated heterocycles. The first-order chi connectivity index (χ1) is 8.45. The van der Waals surface area contributed by atoms with Gasteiger partial charge in [-0.1, -0.05) is 12.1 Å². The van der Waals surface area contributed by atoms with Gasteiger partial charge < -0.3 is 0 Å². The number of rotatable bonds is 0. The van der Waals surface area contributed by atoms with Gasteiger partial charge in [0.25, 0.3) is 0 Å². The summed E-state index contributed by atoms with van der Waals surface area (Å²) >= 11 is 0. The Labute approximate surface area is 128 Å². The van der Waals surface area contributed by atoms with E-state index in [1.54, 1.807) is 24.8 Å². The summed E-state index contributed by atoms with van der Waals surface area (Å²) in [6.45, 7) is 0. The maximum atomic E-state index is 9.87. The molecule has 0 aliphatic rings. The molecular weight excluding hydrogens is 420 g/mol. The van der Waals surface area contributed by atoms with Gasteiger partial charge in [0.1, 0.15) is 0 Å². The second-order valence-corrected chi connectivity index (χ2v) is 4.92. The molecule has 2 rings (SSSR count). The summed E-state index contributed by atoms with van der Waals surface area (Å²) < 4.78 is 59.2. The Kier molecular flexibility index (Phi) is 8.24. The van der Waals surface area contributed by atoms with Crippen molar-refractivity contribution < 1.29 is 49.2 Å². The minimum atomic E-state index is -10.7. The van der Waals surface area contributed by atoms with Crippen LogP contribution >= 0.6 is 7.81 Å². The third-order valence-electron chi connectivity index (χ3n) is 1.13. The second kappa shape index (κ2) is 7.72. The van der Waals surface area contributed by atoms with Crippen molar-refractivity contribution >= 4 is 7.81 Å². The third kappa shape index (κ3) is 36.0. The summed E-state index contributed by atoms with van der Waals surface area (Å²) in [5.41, 5.74) is 0. The Morgan fingerprint density at radius 2 is 0.700 bits per heavy atom. The van der Waals surface area contributed by atoms with E-state index < -0.39 is 7.81 Å². The topological polar surface area (TPSA) is 25.8 Å². The van der Waals surface area contributed by atoms with Gasteiger partial charge in [0, 0.05) is 24.8 Å². The molecule has 0 aliphatic heterocycles. The van der Waals surface area contributed by atoms with Crippen molar-refractivity contribution in [1.29, 1.82) is 0 Å². The maximum Gasteiger partial charge on any atom is 1.00 e. The van der Waals surface area contributed by atoms with Crippen molar-refractivity contribution in [3.05, 3.63) is 61.2 Å². The predicted octanol–water partition coefficient (Wildman–Crippen LogP) is 2.55. The SMILES string of the molecule is F[P-](F)(F)(F)(F)F.[I+].c1ccncc1.c1ccncc1. The first-order valence-electron chi connectivity index (χ1n) is 4.71. The van der Waals surface area contributed by atoms with Gasteiger partial charge in [-0.3, -0.25) is 9.97 Å². The number of aromatic nitrogens is 2. The number of pyridine rings is 2. The summed E-state index contributed by atoms with van der Waals surface area (Å²) in [4.78, 5) is 7.57. The Morgan fingerprint density at radius 3 is 0.750 bits per heavy atom. The van der Waals surface area contributed by atoms with E-state index in [1.807, 2.05) is 36.4 Å². The molecular formula is C10H10F6IN2P. The Bertz CT molecular complexity index is 354. The smallest absolute Gasteiger partial charge is 0.265 e. The Hall–Kier alpha value is -0.960. The summed E-state index contributed by atoms with van der Waals surface area (Å²) in [6, 6.07) is 11.4. The zero-order valence-corrected chi connectivity index (χ0v) is 12.8. The van der Waals surface area contributed by atoms with Gasteiger partial charge in [-0.15, -0.1) is 0 Å². The molecule has 0 atom stereocenters. The number of nitrogens with zero attached hydrogens (tertiary/aromatic N) is 2. The number of halogens is 7. The molecule has 0 N–H and O–H groups in total. The standard InChI is InChI=1S/2C5H5N.F6P.I/c2*1-2-4-6-5-3-1;1-7(2,3,4,5)6;/h2*1-5H;;/q;;-1;+1. The van der Waals surface area contributed by atoms with Crippen LogP contribution in [-0.4, -0.2) is 9.97 Å². The van der Waals surface area contributed by atoms with Crippen molar-refractivity contribution in [1.82, 2.24) is 9.97 Å². The Morgan fingerprint density at radius 1 is 0.500 bits per heavy atom. The molecule has 2 radical (unpaired) electrons. The van der Waals surface area contributed by atoms with E-state index in [0.29, 0.717) is 0 Å². The average Bonchev–Trinajstić information content (AvgIpc) is 2.30. The molecule has 0 fully saturated rings. The van der Waals surface area contributed by atoms with Crippen LogP contribution in [0.5, 0.6) is 0 Å². The van der Waals surface area contributed by atoms with E-state index in [1.165, 1.54) is 0 Å². The maximum absolute atomic E-state index is 10.7. The summed E-state index contributed by atoms with van der Waals surface area (Å²) in [5.74, 6) is 0. The molecule has 2 heterocycles. The molecule has 0 aliphatic carbocycles. The van der Waals surface area contributed by atoms with Crippen molar-refractivity contribution in [2.75, 3.05) is 0 Å². The van der Waals surface area contributed by atoms with E-state index in [0.717, 1.165) is 0 Å².